The van der Waals surface area contributed by atoms with Gasteiger partial charge in [0.25, 0.3) is 0 Å². The van der Waals surface area contributed by atoms with Gasteiger partial charge in [-0.25, -0.2) is 0 Å². The van der Waals surface area contributed by atoms with Crippen LogP contribution < -0.4 is 11.3 Å². The second kappa shape index (κ2) is 5.39. The molecule has 98 valence electrons. The average Bonchev–Trinajstić information content (AvgIpc) is 2.94. The fourth-order valence-corrected chi connectivity index (χ4v) is 3.51. The predicted molar refractivity (Wildman–Crippen MR) is 71.9 cm³/mol. The molecule has 1 aromatic carbocycles. The van der Waals surface area contributed by atoms with Crippen LogP contribution in [0.3, 0.4) is 0 Å². The van der Waals surface area contributed by atoms with Crippen LogP contribution in [0, 0.1) is 5.92 Å². The monoisotopic (exact) mass is 246 g/mol. The third-order valence-electron chi connectivity index (χ3n) is 4.46. The summed E-state index contributed by atoms with van der Waals surface area (Å²) in [6.45, 7) is 0.812. The molecule has 1 fully saturated rings. The Labute approximate surface area is 109 Å². The van der Waals surface area contributed by atoms with Crippen molar-refractivity contribution >= 4 is 0 Å². The molecule has 0 amide bonds. The molecule has 1 heterocycles. The van der Waals surface area contributed by atoms with Crippen molar-refractivity contribution in [3.8, 4) is 0 Å². The van der Waals surface area contributed by atoms with E-state index in [1.807, 2.05) is 0 Å². The Morgan fingerprint density at radius 1 is 1.22 bits per heavy atom. The molecular formula is C15H22N2O. The van der Waals surface area contributed by atoms with Gasteiger partial charge in [0.05, 0.1) is 18.8 Å². The largest absolute Gasteiger partial charge is 0.371 e. The van der Waals surface area contributed by atoms with Crippen LogP contribution in [0.4, 0.5) is 0 Å². The molecule has 2 aliphatic rings. The van der Waals surface area contributed by atoms with E-state index in [-0.39, 0.29) is 12.1 Å². The number of fused-ring (bicyclic) bond motifs is 1. The molecule has 2 atom stereocenters. The van der Waals surface area contributed by atoms with Crippen LogP contribution >= 0.6 is 0 Å². The van der Waals surface area contributed by atoms with Gasteiger partial charge in [-0.3, -0.25) is 11.3 Å². The molecule has 1 aliphatic heterocycles. The van der Waals surface area contributed by atoms with Crippen molar-refractivity contribution in [1.82, 2.24) is 5.43 Å². The maximum Gasteiger partial charge on any atom is 0.0996 e. The van der Waals surface area contributed by atoms with Crippen LogP contribution in [-0.4, -0.2) is 12.6 Å². The van der Waals surface area contributed by atoms with Crippen molar-refractivity contribution in [2.45, 2.75) is 44.2 Å². The zero-order valence-corrected chi connectivity index (χ0v) is 10.8. The molecule has 1 aliphatic carbocycles. The SMILES string of the molecule is NNC(C1CCCC1)C1OCCc2ccccc21. The number of nitrogens with one attached hydrogen (secondary N) is 1. The van der Waals surface area contributed by atoms with E-state index in [2.05, 4.69) is 29.7 Å². The first-order chi connectivity index (χ1) is 8.90. The normalized spacial score (nSPS) is 25.9. The van der Waals surface area contributed by atoms with Gasteiger partial charge in [0.2, 0.25) is 0 Å². The molecule has 3 nitrogen and oxygen atoms in total. The van der Waals surface area contributed by atoms with Crippen molar-refractivity contribution in [3.63, 3.8) is 0 Å². The Kier molecular flexibility index (Phi) is 3.64. The van der Waals surface area contributed by atoms with Gasteiger partial charge in [-0.2, -0.15) is 0 Å². The van der Waals surface area contributed by atoms with Gasteiger partial charge in [0, 0.05) is 0 Å². The van der Waals surface area contributed by atoms with Crippen LogP contribution in [-0.2, 0) is 11.2 Å². The van der Waals surface area contributed by atoms with Crippen molar-refractivity contribution < 1.29 is 4.74 Å². The summed E-state index contributed by atoms with van der Waals surface area (Å²) in [6, 6.07) is 8.88. The van der Waals surface area contributed by atoms with E-state index < -0.39 is 0 Å². The Balaban J connectivity index is 1.87. The number of ether oxygens (including phenoxy) is 1. The zero-order chi connectivity index (χ0) is 12.4. The van der Waals surface area contributed by atoms with E-state index in [1.165, 1.54) is 36.8 Å². The standard InChI is InChI=1S/C15H22N2O/c16-17-14(12-6-1-2-7-12)15-13-8-4-3-5-11(13)9-10-18-15/h3-5,8,12,14-15,17H,1-2,6-7,9-10,16H2. The number of rotatable bonds is 3. The van der Waals surface area contributed by atoms with E-state index >= 15 is 0 Å². The number of benzene rings is 1. The lowest BCUT2D eigenvalue weighted by Gasteiger charge is -2.35. The zero-order valence-electron chi connectivity index (χ0n) is 10.8. The predicted octanol–water partition coefficient (Wildman–Crippen LogP) is 2.32. The summed E-state index contributed by atoms with van der Waals surface area (Å²) >= 11 is 0. The second-order valence-corrected chi connectivity index (χ2v) is 5.48. The Bertz CT molecular complexity index is 401. The number of hydrogen-bond acceptors (Lipinski definition) is 3. The first-order valence-corrected chi connectivity index (χ1v) is 7.05. The highest BCUT2D eigenvalue weighted by atomic mass is 16.5. The van der Waals surface area contributed by atoms with Crippen LogP contribution in [0.5, 0.6) is 0 Å². The molecule has 0 aromatic heterocycles. The van der Waals surface area contributed by atoms with E-state index in [1.54, 1.807) is 0 Å². The van der Waals surface area contributed by atoms with E-state index in [4.69, 9.17) is 10.6 Å². The number of nitrogens with two attached hydrogens (primary N) is 1. The van der Waals surface area contributed by atoms with Gasteiger partial charge < -0.3 is 4.74 Å². The van der Waals surface area contributed by atoms with Crippen molar-refractivity contribution in [3.05, 3.63) is 35.4 Å². The molecule has 0 bridgehead atoms. The molecule has 2 unspecified atom stereocenters. The Morgan fingerprint density at radius 2 is 2.00 bits per heavy atom. The van der Waals surface area contributed by atoms with Gasteiger partial charge in [-0.05, 0) is 36.3 Å². The van der Waals surface area contributed by atoms with E-state index in [9.17, 15) is 0 Å². The molecule has 3 N–H and O–H groups in total. The van der Waals surface area contributed by atoms with Gasteiger partial charge in [-0.15, -0.1) is 0 Å². The van der Waals surface area contributed by atoms with Crippen LogP contribution in [0.15, 0.2) is 24.3 Å². The topological polar surface area (TPSA) is 47.3 Å². The third kappa shape index (κ3) is 2.18. The van der Waals surface area contributed by atoms with Crippen LogP contribution in [0.1, 0.15) is 42.9 Å². The van der Waals surface area contributed by atoms with Gasteiger partial charge >= 0.3 is 0 Å². The lowest BCUT2D eigenvalue weighted by molar-refractivity contribution is 0.000225. The summed E-state index contributed by atoms with van der Waals surface area (Å²) in [7, 11) is 0. The number of hydrogen-bond donors (Lipinski definition) is 2. The van der Waals surface area contributed by atoms with E-state index in [0.717, 1.165) is 13.0 Å². The molecule has 3 rings (SSSR count). The first-order valence-electron chi connectivity index (χ1n) is 7.05. The summed E-state index contributed by atoms with van der Waals surface area (Å²) in [5, 5.41) is 0. The minimum Gasteiger partial charge on any atom is -0.371 e. The highest BCUT2D eigenvalue weighted by Gasteiger charge is 2.34. The second-order valence-electron chi connectivity index (χ2n) is 5.48. The summed E-state index contributed by atoms with van der Waals surface area (Å²) in [6.07, 6.45) is 6.36. The summed E-state index contributed by atoms with van der Waals surface area (Å²) < 4.78 is 6.03. The maximum absolute atomic E-state index is 6.03. The molecule has 1 saturated carbocycles. The fraction of sp³-hybridized carbons (Fsp3) is 0.600. The Hall–Kier alpha value is -0.900. The first kappa shape index (κ1) is 12.2. The molecular weight excluding hydrogens is 224 g/mol. The molecule has 0 spiro atoms. The van der Waals surface area contributed by atoms with Crippen molar-refractivity contribution in [1.29, 1.82) is 0 Å². The summed E-state index contributed by atoms with van der Waals surface area (Å²) in [4.78, 5) is 0. The van der Waals surface area contributed by atoms with Gasteiger partial charge in [0.1, 0.15) is 0 Å². The minimum absolute atomic E-state index is 0.128. The molecule has 3 heteroatoms. The van der Waals surface area contributed by atoms with Crippen LogP contribution in [0.25, 0.3) is 0 Å². The molecule has 0 radical (unpaired) electrons. The highest BCUT2D eigenvalue weighted by molar-refractivity contribution is 5.32. The minimum atomic E-state index is 0.128. The Morgan fingerprint density at radius 3 is 2.78 bits per heavy atom. The van der Waals surface area contributed by atoms with Gasteiger partial charge in [0.15, 0.2) is 0 Å². The average molecular weight is 246 g/mol. The maximum atomic E-state index is 6.03. The van der Waals surface area contributed by atoms with Crippen molar-refractivity contribution in [2.75, 3.05) is 6.61 Å². The summed E-state index contributed by atoms with van der Waals surface area (Å²) in [5.41, 5.74) is 5.78. The third-order valence-corrected chi connectivity index (χ3v) is 4.46. The van der Waals surface area contributed by atoms with Crippen LogP contribution in [0.2, 0.25) is 0 Å². The highest BCUT2D eigenvalue weighted by Crippen LogP contribution is 2.37. The van der Waals surface area contributed by atoms with Crippen molar-refractivity contribution in [2.24, 2.45) is 11.8 Å². The lowest BCUT2D eigenvalue weighted by Crippen LogP contribution is -2.46. The van der Waals surface area contributed by atoms with E-state index in [0.29, 0.717) is 5.92 Å². The quantitative estimate of drug-likeness (QED) is 0.635. The smallest absolute Gasteiger partial charge is 0.0996 e. The van der Waals surface area contributed by atoms with Gasteiger partial charge in [-0.1, -0.05) is 37.1 Å². The number of hydrazine groups is 1. The fourth-order valence-electron chi connectivity index (χ4n) is 3.51. The molecule has 0 saturated heterocycles. The molecule has 18 heavy (non-hydrogen) atoms. The summed E-state index contributed by atoms with van der Waals surface area (Å²) in [5.74, 6) is 6.47. The molecule has 1 aromatic rings. The lowest BCUT2D eigenvalue weighted by atomic mass is 9.86.